The maximum absolute atomic E-state index is 12.3. The summed E-state index contributed by atoms with van der Waals surface area (Å²) in [6.45, 7) is 0.150. The number of thiazole rings is 1. The van der Waals surface area contributed by atoms with Crippen molar-refractivity contribution in [3.63, 3.8) is 0 Å². The minimum atomic E-state index is -3.42. The number of aryl methyl sites for hydroxylation is 1. The van der Waals surface area contributed by atoms with E-state index in [1.165, 1.54) is 24.6 Å². The molecule has 0 aliphatic carbocycles. The van der Waals surface area contributed by atoms with E-state index in [4.69, 9.17) is 4.74 Å². The van der Waals surface area contributed by atoms with Crippen LogP contribution in [-0.2, 0) is 21.6 Å². The van der Waals surface area contributed by atoms with Crippen LogP contribution in [0.15, 0.2) is 47.2 Å². The van der Waals surface area contributed by atoms with Crippen molar-refractivity contribution in [3.05, 3.63) is 42.3 Å². The van der Waals surface area contributed by atoms with E-state index in [1.807, 2.05) is 35.5 Å². The predicted octanol–water partition coefficient (Wildman–Crippen LogP) is 2.30. The molecule has 4 aromatic rings. The Bertz CT molecular complexity index is 1210. The van der Waals surface area contributed by atoms with Gasteiger partial charge in [-0.3, -0.25) is 9.25 Å². The topological polar surface area (TPSA) is 91.9 Å². The number of rotatable bonds is 6. The molecule has 0 aliphatic heterocycles. The van der Waals surface area contributed by atoms with Gasteiger partial charge in [0.15, 0.2) is 9.84 Å². The van der Waals surface area contributed by atoms with Crippen LogP contribution in [0.1, 0.15) is 0 Å². The Morgan fingerprint density at radius 3 is 2.89 bits per heavy atom. The van der Waals surface area contributed by atoms with E-state index < -0.39 is 9.84 Å². The highest BCUT2D eigenvalue weighted by molar-refractivity contribution is 7.91. The number of sulfone groups is 1. The summed E-state index contributed by atoms with van der Waals surface area (Å²) < 4.78 is 33.1. The number of fused-ring (bicyclic) bond motifs is 1. The van der Waals surface area contributed by atoms with E-state index in [1.54, 1.807) is 16.9 Å². The highest BCUT2D eigenvalue weighted by atomic mass is 32.2. The second-order valence-electron chi connectivity index (χ2n) is 5.99. The van der Waals surface area contributed by atoms with Crippen LogP contribution in [0, 0.1) is 0 Å². The molecule has 4 rings (SSSR count). The van der Waals surface area contributed by atoms with Crippen molar-refractivity contribution >= 4 is 32.2 Å². The van der Waals surface area contributed by atoms with Gasteiger partial charge in [-0.1, -0.05) is 0 Å². The first-order valence-electron chi connectivity index (χ1n) is 8.11. The molecule has 0 aromatic carbocycles. The Morgan fingerprint density at radius 2 is 2.15 bits per heavy atom. The molecule has 0 unspecified atom stereocenters. The van der Waals surface area contributed by atoms with Crippen LogP contribution in [0.5, 0.6) is 0 Å². The van der Waals surface area contributed by atoms with Crippen LogP contribution in [0.25, 0.3) is 27.4 Å². The molecule has 0 N–H and O–H groups in total. The third kappa shape index (κ3) is 3.38. The third-order valence-corrected chi connectivity index (χ3v) is 6.63. The van der Waals surface area contributed by atoms with Gasteiger partial charge in [-0.15, -0.1) is 11.3 Å². The van der Waals surface area contributed by atoms with E-state index in [-0.39, 0.29) is 17.3 Å². The number of aromatic nitrogens is 5. The molecule has 0 bridgehead atoms. The van der Waals surface area contributed by atoms with Gasteiger partial charge in [0.1, 0.15) is 16.5 Å². The first kappa shape index (κ1) is 17.8. The minimum Gasteiger partial charge on any atom is -0.384 e. The lowest BCUT2D eigenvalue weighted by Gasteiger charge is -2.05. The van der Waals surface area contributed by atoms with E-state index in [9.17, 15) is 8.42 Å². The van der Waals surface area contributed by atoms with E-state index in [0.29, 0.717) is 5.65 Å². The van der Waals surface area contributed by atoms with Gasteiger partial charge < -0.3 is 4.74 Å². The molecular weight excluding hydrogens is 386 g/mol. The van der Waals surface area contributed by atoms with E-state index in [0.717, 1.165) is 21.8 Å². The molecule has 4 aromatic heterocycles. The molecule has 140 valence electrons. The molecule has 0 fully saturated rings. The van der Waals surface area contributed by atoms with Gasteiger partial charge in [0.25, 0.3) is 0 Å². The monoisotopic (exact) mass is 403 g/mol. The molecule has 0 aliphatic rings. The van der Waals surface area contributed by atoms with E-state index >= 15 is 0 Å². The van der Waals surface area contributed by atoms with Gasteiger partial charge in [-0.2, -0.15) is 5.10 Å². The fourth-order valence-electron chi connectivity index (χ4n) is 2.71. The van der Waals surface area contributed by atoms with E-state index in [2.05, 4.69) is 15.1 Å². The number of ether oxygens (including phenoxy) is 1. The van der Waals surface area contributed by atoms with Crippen molar-refractivity contribution in [2.75, 3.05) is 19.5 Å². The summed E-state index contributed by atoms with van der Waals surface area (Å²) in [4.78, 5) is 9.21. The molecule has 27 heavy (non-hydrogen) atoms. The molecule has 0 radical (unpaired) electrons. The Hall–Kier alpha value is -2.56. The highest BCUT2D eigenvalue weighted by Gasteiger charge is 2.17. The third-order valence-electron chi connectivity index (χ3n) is 4.11. The summed E-state index contributed by atoms with van der Waals surface area (Å²) >= 11 is 1.52. The van der Waals surface area contributed by atoms with Crippen molar-refractivity contribution in [3.8, 4) is 16.4 Å². The Labute approximate surface area is 160 Å². The van der Waals surface area contributed by atoms with Gasteiger partial charge in [0.2, 0.25) is 0 Å². The molecule has 0 spiro atoms. The Kier molecular flexibility index (Phi) is 4.54. The summed E-state index contributed by atoms with van der Waals surface area (Å²) in [6, 6.07) is 3.47. The normalized spacial score (nSPS) is 12.1. The lowest BCUT2D eigenvalue weighted by atomic mass is 10.3. The fourth-order valence-corrected chi connectivity index (χ4v) is 4.62. The van der Waals surface area contributed by atoms with Gasteiger partial charge in [-0.25, -0.2) is 18.4 Å². The lowest BCUT2D eigenvalue weighted by Crippen LogP contribution is -2.11. The van der Waals surface area contributed by atoms with Gasteiger partial charge in [0.05, 0.1) is 23.5 Å². The van der Waals surface area contributed by atoms with Crippen molar-refractivity contribution in [1.29, 1.82) is 0 Å². The first-order valence-corrected chi connectivity index (χ1v) is 10.6. The van der Waals surface area contributed by atoms with Crippen molar-refractivity contribution in [2.45, 2.75) is 4.90 Å². The molecule has 0 saturated carbocycles. The standard InChI is InChI=1S/C17H17N5O3S2/c1-21-10-13(8-19-21)17-20-15(11-26-17)22-4-3-12-7-14(9-18-16(12)22)27(23,24)6-5-25-2/h3-4,7-11H,5-6H2,1-2H3. The number of pyridine rings is 1. The summed E-state index contributed by atoms with van der Waals surface area (Å²) in [5.41, 5.74) is 1.61. The maximum atomic E-state index is 12.3. The number of hydrogen-bond donors (Lipinski definition) is 0. The van der Waals surface area contributed by atoms with Crippen LogP contribution in [0.2, 0.25) is 0 Å². The maximum Gasteiger partial charge on any atom is 0.182 e. The molecule has 0 saturated heterocycles. The summed E-state index contributed by atoms with van der Waals surface area (Å²) in [6.07, 6.45) is 6.90. The van der Waals surface area contributed by atoms with Crippen LogP contribution in [0.3, 0.4) is 0 Å². The summed E-state index contributed by atoms with van der Waals surface area (Å²) in [5.74, 6) is 0.661. The highest BCUT2D eigenvalue weighted by Crippen LogP contribution is 2.27. The zero-order valence-corrected chi connectivity index (χ0v) is 16.4. The average Bonchev–Trinajstić information content (AvgIpc) is 3.37. The molecule has 4 heterocycles. The largest absolute Gasteiger partial charge is 0.384 e. The predicted molar refractivity (Wildman–Crippen MR) is 103 cm³/mol. The van der Waals surface area contributed by atoms with Crippen molar-refractivity contribution < 1.29 is 13.2 Å². The fraction of sp³-hybridized carbons (Fsp3) is 0.235. The van der Waals surface area contributed by atoms with Crippen LogP contribution >= 0.6 is 11.3 Å². The Morgan fingerprint density at radius 1 is 1.30 bits per heavy atom. The molecule has 10 heteroatoms. The molecular formula is C17H17N5O3S2. The van der Waals surface area contributed by atoms with Gasteiger partial charge in [0, 0.05) is 49.1 Å². The first-order chi connectivity index (χ1) is 13.0. The summed E-state index contributed by atoms with van der Waals surface area (Å²) in [7, 11) is -0.0808. The zero-order valence-electron chi connectivity index (χ0n) is 14.7. The quantitative estimate of drug-likeness (QED) is 0.491. The average molecular weight is 403 g/mol. The van der Waals surface area contributed by atoms with Gasteiger partial charge in [-0.05, 0) is 12.1 Å². The molecule has 0 atom stereocenters. The van der Waals surface area contributed by atoms with Crippen LogP contribution in [0.4, 0.5) is 0 Å². The number of nitrogens with zero attached hydrogens (tertiary/aromatic N) is 5. The lowest BCUT2D eigenvalue weighted by molar-refractivity contribution is 0.217. The smallest absolute Gasteiger partial charge is 0.182 e. The second kappa shape index (κ2) is 6.87. The van der Waals surface area contributed by atoms with Crippen LogP contribution in [-0.4, -0.2) is 52.2 Å². The van der Waals surface area contributed by atoms with Crippen molar-refractivity contribution in [1.82, 2.24) is 24.3 Å². The number of hydrogen-bond acceptors (Lipinski definition) is 7. The SMILES string of the molecule is COCCS(=O)(=O)c1cnc2c(ccn2-c2csc(-c3cnn(C)c3)n2)c1. The second-order valence-corrected chi connectivity index (χ2v) is 8.96. The zero-order chi connectivity index (χ0) is 19.0. The Balaban J connectivity index is 1.69. The van der Waals surface area contributed by atoms with Gasteiger partial charge >= 0.3 is 0 Å². The minimum absolute atomic E-state index is 0.0715. The number of methoxy groups -OCH3 is 1. The molecule has 0 amide bonds. The summed E-state index contributed by atoms with van der Waals surface area (Å²) in [5, 5.41) is 7.70. The van der Waals surface area contributed by atoms with Crippen LogP contribution < -0.4 is 0 Å². The van der Waals surface area contributed by atoms with Crippen molar-refractivity contribution in [2.24, 2.45) is 7.05 Å². The molecule has 8 nitrogen and oxygen atoms in total.